The Kier molecular flexibility index (Phi) is 6.66. The highest BCUT2D eigenvalue weighted by Crippen LogP contribution is 2.67. The Morgan fingerprint density at radius 2 is 1.67 bits per heavy atom. The number of hydrogen-bond acceptors (Lipinski definition) is 4. The third kappa shape index (κ3) is 3.90. The highest BCUT2D eigenvalue weighted by atomic mass is 16.6. The van der Waals surface area contributed by atoms with Gasteiger partial charge >= 0.3 is 5.97 Å². The van der Waals surface area contributed by atoms with Gasteiger partial charge in [-0.05, 0) is 76.0 Å². The van der Waals surface area contributed by atoms with Gasteiger partial charge in [0.1, 0.15) is 6.10 Å². The van der Waals surface area contributed by atoms with Gasteiger partial charge in [-0.15, -0.1) is 0 Å². The van der Waals surface area contributed by atoms with E-state index in [4.69, 9.17) is 9.47 Å². The smallest absolute Gasteiger partial charge is 0.312 e. The molecule has 1 N–H and O–H groups in total. The molecule has 2 aliphatic heterocycles. The van der Waals surface area contributed by atoms with E-state index in [1.165, 1.54) is 51.4 Å². The molecule has 2 saturated heterocycles. The maximum atomic E-state index is 12.9. The molecule has 3 aliphatic carbocycles. The molecule has 0 aromatic heterocycles. The van der Waals surface area contributed by atoms with Crippen molar-refractivity contribution in [1.29, 1.82) is 0 Å². The first kappa shape index (κ1) is 24.1. The summed E-state index contributed by atoms with van der Waals surface area (Å²) in [6, 6.07) is 0. The third-order valence-electron chi connectivity index (χ3n) is 11.3. The maximum Gasteiger partial charge on any atom is 0.312 e. The zero-order chi connectivity index (χ0) is 23.3. The minimum atomic E-state index is -0.727. The molecule has 5 aliphatic rings. The van der Waals surface area contributed by atoms with Crippen LogP contribution in [-0.4, -0.2) is 35.5 Å². The van der Waals surface area contributed by atoms with E-state index in [1.54, 1.807) is 0 Å². The first-order chi connectivity index (χ1) is 15.8. The van der Waals surface area contributed by atoms with E-state index in [0.717, 1.165) is 51.6 Å². The third-order valence-corrected chi connectivity index (χ3v) is 11.3. The lowest BCUT2D eigenvalue weighted by Crippen LogP contribution is -2.65. The summed E-state index contributed by atoms with van der Waals surface area (Å²) < 4.78 is 12.3. The van der Waals surface area contributed by atoms with E-state index >= 15 is 0 Å². The van der Waals surface area contributed by atoms with Crippen LogP contribution >= 0.6 is 0 Å². The average molecular weight is 461 g/mol. The molecule has 8 atom stereocenters. The minimum Gasteiger partial charge on any atom is -0.462 e. The molecular formula is C29H48O4. The molecule has 0 bridgehead atoms. The van der Waals surface area contributed by atoms with Crippen molar-refractivity contribution in [3.8, 4) is 0 Å². The summed E-state index contributed by atoms with van der Waals surface area (Å²) in [5.41, 5.74) is -1.39. The molecule has 188 valence electrons. The largest absolute Gasteiger partial charge is 0.462 e. The van der Waals surface area contributed by atoms with Crippen LogP contribution in [0.4, 0.5) is 0 Å². The van der Waals surface area contributed by atoms with Crippen LogP contribution in [0.3, 0.4) is 0 Å². The fraction of sp³-hybridized carbons (Fsp3) is 0.966. The topological polar surface area (TPSA) is 55.8 Å². The highest BCUT2D eigenvalue weighted by molar-refractivity contribution is 5.80. The van der Waals surface area contributed by atoms with Gasteiger partial charge in [-0.25, -0.2) is 0 Å². The van der Waals surface area contributed by atoms with Crippen molar-refractivity contribution in [1.82, 2.24) is 0 Å². The van der Waals surface area contributed by atoms with Crippen LogP contribution in [-0.2, 0) is 14.3 Å². The van der Waals surface area contributed by atoms with Gasteiger partial charge in [0.25, 0.3) is 0 Å². The van der Waals surface area contributed by atoms with Crippen molar-refractivity contribution in [3.05, 3.63) is 0 Å². The summed E-state index contributed by atoms with van der Waals surface area (Å²) in [5.74, 6) is 1.57. The first-order valence-corrected chi connectivity index (χ1v) is 14.3. The van der Waals surface area contributed by atoms with Crippen molar-refractivity contribution in [3.63, 3.8) is 0 Å². The zero-order valence-corrected chi connectivity index (χ0v) is 21.4. The standard InChI is InChI=1S/C29H48O4/c1-20-19-23-25-27(2,26(30)33-23)15-10-16-28(25,3)29(20,31)17-13-22-14-18-32-24(22)21-11-8-6-4-5-7-9-12-21/h20-25,31H,4-19H2,1-3H3. The van der Waals surface area contributed by atoms with E-state index in [-0.39, 0.29) is 29.3 Å². The number of carbonyl (C=O) groups is 1. The molecule has 3 saturated carbocycles. The molecule has 4 nitrogen and oxygen atoms in total. The molecule has 0 aromatic rings. The van der Waals surface area contributed by atoms with Crippen molar-refractivity contribution >= 4 is 5.97 Å². The van der Waals surface area contributed by atoms with Crippen molar-refractivity contribution in [2.45, 2.75) is 135 Å². The molecule has 4 heteroatoms. The molecule has 0 aromatic carbocycles. The highest BCUT2D eigenvalue weighted by Gasteiger charge is 2.71. The molecule has 2 heterocycles. The van der Waals surface area contributed by atoms with Crippen LogP contribution in [0.2, 0.25) is 0 Å². The summed E-state index contributed by atoms with van der Waals surface area (Å²) in [4.78, 5) is 12.9. The lowest BCUT2D eigenvalue weighted by molar-refractivity contribution is -0.219. The quantitative estimate of drug-likeness (QED) is 0.491. The lowest BCUT2D eigenvalue weighted by atomic mass is 9.44. The molecule has 8 unspecified atom stereocenters. The van der Waals surface area contributed by atoms with E-state index in [9.17, 15) is 9.90 Å². The van der Waals surface area contributed by atoms with Gasteiger partial charge < -0.3 is 14.6 Å². The summed E-state index contributed by atoms with van der Waals surface area (Å²) in [7, 11) is 0. The van der Waals surface area contributed by atoms with Gasteiger partial charge in [-0.2, -0.15) is 0 Å². The zero-order valence-electron chi connectivity index (χ0n) is 21.4. The molecule has 5 rings (SSSR count). The van der Waals surface area contributed by atoms with Gasteiger partial charge in [0, 0.05) is 17.9 Å². The molecule has 5 fully saturated rings. The Bertz CT molecular complexity index is 712. The van der Waals surface area contributed by atoms with Gasteiger partial charge in [0.2, 0.25) is 0 Å². The Hall–Kier alpha value is -0.610. The van der Waals surface area contributed by atoms with Gasteiger partial charge in [0.15, 0.2) is 0 Å². The lowest BCUT2D eigenvalue weighted by Gasteiger charge is -2.61. The number of esters is 1. The second kappa shape index (κ2) is 9.12. The van der Waals surface area contributed by atoms with Crippen LogP contribution in [0.1, 0.15) is 117 Å². The Morgan fingerprint density at radius 3 is 2.39 bits per heavy atom. The van der Waals surface area contributed by atoms with Crippen molar-refractivity contribution in [2.75, 3.05) is 6.61 Å². The Morgan fingerprint density at radius 1 is 0.970 bits per heavy atom. The monoisotopic (exact) mass is 460 g/mol. The predicted molar refractivity (Wildman–Crippen MR) is 130 cm³/mol. The molecule has 0 spiro atoms. The Labute approximate surface area is 201 Å². The molecular weight excluding hydrogens is 412 g/mol. The van der Waals surface area contributed by atoms with E-state index in [2.05, 4.69) is 20.8 Å². The molecule has 33 heavy (non-hydrogen) atoms. The minimum absolute atomic E-state index is 0.00973. The fourth-order valence-electron chi connectivity index (χ4n) is 9.42. The van der Waals surface area contributed by atoms with Crippen LogP contribution in [0.15, 0.2) is 0 Å². The number of carbonyl (C=O) groups excluding carboxylic acids is 1. The van der Waals surface area contributed by atoms with Crippen LogP contribution in [0, 0.1) is 34.5 Å². The molecule has 0 radical (unpaired) electrons. The summed E-state index contributed by atoms with van der Waals surface area (Å²) in [6.45, 7) is 7.51. The van der Waals surface area contributed by atoms with Crippen LogP contribution in [0.25, 0.3) is 0 Å². The number of aliphatic hydroxyl groups is 1. The molecule has 0 amide bonds. The number of ether oxygens (including phenoxy) is 2. The van der Waals surface area contributed by atoms with E-state index in [0.29, 0.717) is 17.9 Å². The fourth-order valence-corrected chi connectivity index (χ4v) is 9.42. The second-order valence-corrected chi connectivity index (χ2v) is 13.1. The first-order valence-electron chi connectivity index (χ1n) is 14.3. The predicted octanol–water partition coefficient (Wildman–Crippen LogP) is 6.43. The van der Waals surface area contributed by atoms with Gasteiger partial charge in [-0.3, -0.25) is 4.79 Å². The Balaban J connectivity index is 1.32. The van der Waals surface area contributed by atoms with E-state index in [1.807, 2.05) is 0 Å². The normalized spacial score (nSPS) is 49.1. The van der Waals surface area contributed by atoms with Crippen LogP contribution in [0.5, 0.6) is 0 Å². The average Bonchev–Trinajstić information content (AvgIpc) is 3.37. The number of hydrogen-bond donors (Lipinski definition) is 1. The summed E-state index contributed by atoms with van der Waals surface area (Å²) >= 11 is 0. The maximum absolute atomic E-state index is 12.9. The van der Waals surface area contributed by atoms with Crippen molar-refractivity contribution < 1.29 is 19.4 Å². The van der Waals surface area contributed by atoms with Gasteiger partial charge in [-0.1, -0.05) is 58.8 Å². The SMILES string of the molecule is CC1CC2OC(=O)C3(C)CCCC(C)(C23)C1(O)CCC1CCOC1C1CCCCCCCC1. The number of rotatable bonds is 4. The van der Waals surface area contributed by atoms with Crippen molar-refractivity contribution in [2.24, 2.45) is 34.5 Å². The van der Waals surface area contributed by atoms with E-state index < -0.39 is 11.0 Å². The summed E-state index contributed by atoms with van der Waals surface area (Å²) in [5, 5.41) is 12.4. The van der Waals surface area contributed by atoms with Gasteiger partial charge in [0.05, 0.1) is 17.1 Å². The second-order valence-electron chi connectivity index (χ2n) is 13.1. The summed E-state index contributed by atoms with van der Waals surface area (Å²) in [6.07, 6.45) is 18.1. The van der Waals surface area contributed by atoms with Crippen LogP contribution < -0.4 is 0 Å².